The van der Waals surface area contributed by atoms with Crippen LogP contribution in [0.5, 0.6) is 17.2 Å². The monoisotopic (exact) mass is 516 g/mol. The predicted molar refractivity (Wildman–Crippen MR) is 135 cm³/mol. The Hall–Kier alpha value is -3.79. The van der Waals surface area contributed by atoms with E-state index in [0.29, 0.717) is 23.9 Å². The fourth-order valence-electron chi connectivity index (χ4n) is 3.51. The summed E-state index contributed by atoms with van der Waals surface area (Å²) in [5.41, 5.74) is 1.05. The van der Waals surface area contributed by atoms with Gasteiger partial charge in [-0.3, -0.25) is 9.10 Å². The van der Waals surface area contributed by atoms with Crippen molar-refractivity contribution in [2.45, 2.75) is 18.4 Å². The molecule has 8 nitrogen and oxygen atoms in total. The van der Waals surface area contributed by atoms with Gasteiger partial charge >= 0.3 is 0 Å². The Bertz CT molecular complexity index is 1280. The summed E-state index contributed by atoms with van der Waals surface area (Å²) in [5.74, 6) is 0.641. The lowest BCUT2D eigenvalue weighted by Gasteiger charge is -2.27. The molecule has 0 radical (unpaired) electrons. The maximum absolute atomic E-state index is 13.5. The van der Waals surface area contributed by atoms with Crippen molar-refractivity contribution in [3.63, 3.8) is 0 Å². The van der Waals surface area contributed by atoms with E-state index in [1.54, 1.807) is 49.5 Å². The first kappa shape index (κ1) is 26.8. The van der Waals surface area contributed by atoms with Gasteiger partial charge in [0.05, 0.1) is 31.4 Å². The molecule has 0 saturated heterocycles. The molecule has 3 rings (SSSR count). The summed E-state index contributed by atoms with van der Waals surface area (Å²) in [5, 5.41) is 0. The molecule has 0 N–H and O–H groups in total. The zero-order valence-electron chi connectivity index (χ0n) is 20.6. The number of halogens is 1. The summed E-state index contributed by atoms with van der Waals surface area (Å²) in [6, 6.07) is 16.1. The van der Waals surface area contributed by atoms with Crippen LogP contribution >= 0.6 is 0 Å². The molecule has 0 unspecified atom stereocenters. The highest BCUT2D eigenvalue weighted by Gasteiger charge is 2.28. The second-order valence-corrected chi connectivity index (χ2v) is 9.69. The van der Waals surface area contributed by atoms with Crippen molar-refractivity contribution in [2.24, 2.45) is 0 Å². The van der Waals surface area contributed by atoms with Crippen LogP contribution in [0.3, 0.4) is 0 Å². The molecule has 0 bridgehead atoms. The Kier molecular flexibility index (Phi) is 8.76. The van der Waals surface area contributed by atoms with Crippen LogP contribution in [-0.2, 0) is 21.4 Å². The van der Waals surface area contributed by atoms with Crippen LogP contribution in [0.15, 0.2) is 71.6 Å². The minimum Gasteiger partial charge on any atom is -0.494 e. The minimum atomic E-state index is -4.18. The van der Waals surface area contributed by atoms with Gasteiger partial charge in [-0.05, 0) is 73.2 Å². The van der Waals surface area contributed by atoms with Crippen LogP contribution in [0.25, 0.3) is 0 Å². The molecule has 0 aliphatic heterocycles. The number of sulfonamides is 1. The molecule has 0 heterocycles. The molecule has 0 atom stereocenters. The van der Waals surface area contributed by atoms with Crippen LogP contribution in [0.1, 0.15) is 12.5 Å². The molecule has 3 aromatic rings. The minimum absolute atomic E-state index is 0.131. The van der Waals surface area contributed by atoms with Gasteiger partial charge in [0, 0.05) is 13.6 Å². The number of anilines is 1. The fourth-order valence-corrected chi connectivity index (χ4v) is 4.92. The molecule has 0 saturated carbocycles. The summed E-state index contributed by atoms with van der Waals surface area (Å²) in [7, 11) is 0.459. The van der Waals surface area contributed by atoms with E-state index in [4.69, 9.17) is 14.2 Å². The molecular weight excluding hydrogens is 487 g/mol. The number of amides is 1. The van der Waals surface area contributed by atoms with Crippen molar-refractivity contribution in [1.82, 2.24) is 4.90 Å². The van der Waals surface area contributed by atoms with Crippen LogP contribution < -0.4 is 18.5 Å². The van der Waals surface area contributed by atoms with Crippen molar-refractivity contribution >= 4 is 21.6 Å². The number of methoxy groups -OCH3 is 2. The number of likely N-dealkylation sites (N-methyl/N-ethyl adjacent to an activating group) is 1. The second kappa shape index (κ2) is 11.8. The lowest BCUT2D eigenvalue weighted by atomic mass is 10.2. The zero-order valence-corrected chi connectivity index (χ0v) is 21.4. The summed E-state index contributed by atoms with van der Waals surface area (Å²) < 4.78 is 57.4. The average Bonchev–Trinajstić information content (AvgIpc) is 2.88. The lowest BCUT2D eigenvalue weighted by molar-refractivity contribution is -0.128. The SMILES string of the molecule is CCOc1ccc(N(CC(=O)N(C)Cc2ccc(OC)c(OC)c2)S(=O)(=O)c2ccc(F)cc2)cc1. The molecule has 0 fully saturated rings. The first-order chi connectivity index (χ1) is 17.2. The normalized spacial score (nSPS) is 11.0. The molecule has 36 heavy (non-hydrogen) atoms. The topological polar surface area (TPSA) is 85.4 Å². The van der Waals surface area contributed by atoms with Crippen molar-refractivity contribution in [2.75, 3.05) is 38.7 Å². The van der Waals surface area contributed by atoms with Gasteiger partial charge in [0.15, 0.2) is 11.5 Å². The number of benzene rings is 3. The second-order valence-electron chi connectivity index (χ2n) is 7.83. The molecule has 192 valence electrons. The van der Waals surface area contributed by atoms with Crippen LogP contribution in [0.4, 0.5) is 10.1 Å². The Balaban J connectivity index is 1.89. The summed E-state index contributed by atoms with van der Waals surface area (Å²) in [4.78, 5) is 14.5. The Labute approximate surface area is 210 Å². The molecule has 0 aromatic heterocycles. The van der Waals surface area contributed by atoms with Crippen molar-refractivity contribution in [1.29, 1.82) is 0 Å². The van der Waals surface area contributed by atoms with E-state index in [1.165, 1.54) is 31.3 Å². The van der Waals surface area contributed by atoms with Gasteiger partial charge in [0.1, 0.15) is 18.1 Å². The van der Waals surface area contributed by atoms with E-state index in [-0.39, 0.29) is 17.1 Å². The van der Waals surface area contributed by atoms with Crippen LogP contribution in [0, 0.1) is 5.82 Å². The maximum Gasteiger partial charge on any atom is 0.264 e. The van der Waals surface area contributed by atoms with Gasteiger partial charge in [0.2, 0.25) is 5.91 Å². The number of carbonyl (C=O) groups excluding carboxylic acids is 1. The van der Waals surface area contributed by atoms with Crippen LogP contribution in [0.2, 0.25) is 0 Å². The highest BCUT2D eigenvalue weighted by atomic mass is 32.2. The number of carbonyl (C=O) groups is 1. The van der Waals surface area contributed by atoms with Crippen molar-refractivity contribution in [3.8, 4) is 17.2 Å². The molecule has 0 aliphatic carbocycles. The van der Waals surface area contributed by atoms with E-state index < -0.39 is 28.3 Å². The van der Waals surface area contributed by atoms with Gasteiger partial charge in [-0.2, -0.15) is 0 Å². The number of rotatable bonds is 11. The van der Waals surface area contributed by atoms with Gasteiger partial charge in [-0.25, -0.2) is 12.8 Å². The highest BCUT2D eigenvalue weighted by Crippen LogP contribution is 2.29. The molecule has 0 aliphatic rings. The third kappa shape index (κ3) is 6.25. The quantitative estimate of drug-likeness (QED) is 0.382. The lowest BCUT2D eigenvalue weighted by Crippen LogP contribution is -2.41. The molecule has 1 amide bonds. The van der Waals surface area contributed by atoms with E-state index in [9.17, 15) is 17.6 Å². The number of hydrogen-bond acceptors (Lipinski definition) is 6. The number of hydrogen-bond donors (Lipinski definition) is 0. The van der Waals surface area contributed by atoms with Crippen LogP contribution in [-0.4, -0.2) is 53.6 Å². The van der Waals surface area contributed by atoms with Gasteiger partial charge in [-0.1, -0.05) is 6.07 Å². The van der Waals surface area contributed by atoms with Gasteiger partial charge < -0.3 is 19.1 Å². The summed E-state index contributed by atoms with van der Waals surface area (Å²) in [6.45, 7) is 2.05. The van der Waals surface area contributed by atoms with E-state index in [1.807, 2.05) is 6.92 Å². The largest absolute Gasteiger partial charge is 0.494 e. The Morgan fingerprint density at radius 1 is 0.917 bits per heavy atom. The van der Waals surface area contributed by atoms with E-state index >= 15 is 0 Å². The third-order valence-corrected chi connectivity index (χ3v) is 7.20. The zero-order chi connectivity index (χ0) is 26.3. The molecule has 0 spiro atoms. The number of nitrogens with zero attached hydrogens (tertiary/aromatic N) is 2. The molecule has 10 heteroatoms. The third-order valence-electron chi connectivity index (χ3n) is 5.41. The Morgan fingerprint density at radius 2 is 1.56 bits per heavy atom. The predicted octanol–water partition coefficient (Wildman–Crippen LogP) is 4.10. The molecular formula is C26H29FN2O6S. The smallest absolute Gasteiger partial charge is 0.264 e. The van der Waals surface area contributed by atoms with Gasteiger partial charge in [-0.15, -0.1) is 0 Å². The average molecular weight is 517 g/mol. The first-order valence-electron chi connectivity index (χ1n) is 11.2. The van der Waals surface area contributed by atoms with Gasteiger partial charge in [0.25, 0.3) is 10.0 Å². The summed E-state index contributed by atoms with van der Waals surface area (Å²) >= 11 is 0. The van der Waals surface area contributed by atoms with E-state index in [2.05, 4.69) is 0 Å². The van der Waals surface area contributed by atoms with E-state index in [0.717, 1.165) is 22.0 Å². The summed E-state index contributed by atoms with van der Waals surface area (Å²) in [6.07, 6.45) is 0. The highest BCUT2D eigenvalue weighted by molar-refractivity contribution is 7.92. The fraction of sp³-hybridized carbons (Fsp3) is 0.269. The van der Waals surface area contributed by atoms with Crippen molar-refractivity contribution in [3.05, 3.63) is 78.1 Å². The van der Waals surface area contributed by atoms with Crippen molar-refractivity contribution < 1.29 is 31.8 Å². The number of ether oxygens (including phenoxy) is 3. The molecule has 3 aromatic carbocycles. The first-order valence-corrected chi connectivity index (χ1v) is 12.6. The standard InChI is InChI=1S/C26H29FN2O6S/c1-5-35-22-11-9-21(10-12-22)29(36(31,32)23-13-7-20(27)8-14-23)18-26(30)28(2)17-19-6-15-24(33-3)25(16-19)34-4/h6-16H,5,17-18H2,1-4H3. The Morgan fingerprint density at radius 3 is 2.14 bits per heavy atom. The maximum atomic E-state index is 13.5.